The fraction of sp³-hybridized carbons (Fsp3) is 0. The summed E-state index contributed by atoms with van der Waals surface area (Å²) < 4.78 is 2.71. The molecule has 0 spiro atoms. The molecule has 0 bridgehead atoms. The normalized spacial score (nSPS) is 11.4. The number of rotatable bonds is 4. The van der Waals surface area contributed by atoms with Crippen LogP contribution in [0.4, 0.5) is 0 Å². The van der Waals surface area contributed by atoms with E-state index < -0.39 is 0 Å². The van der Waals surface area contributed by atoms with Gasteiger partial charge in [-0.25, -0.2) is 0 Å². The molecule has 7 aromatic rings. The summed E-state index contributed by atoms with van der Waals surface area (Å²) in [7, 11) is 0. The van der Waals surface area contributed by atoms with Gasteiger partial charge in [-0.05, 0) is 0 Å². The second kappa shape index (κ2) is 9.33. The van der Waals surface area contributed by atoms with Crippen LogP contribution < -0.4 is 8.92 Å². The van der Waals surface area contributed by atoms with E-state index in [0.717, 1.165) is 5.69 Å². The van der Waals surface area contributed by atoms with E-state index in [-0.39, 0.29) is 15.0 Å². The number of fused-ring (bicyclic) bond motifs is 4. The van der Waals surface area contributed by atoms with Gasteiger partial charge in [0, 0.05) is 0 Å². The minimum absolute atomic E-state index is 0.110. The number of hydrogen-bond donors (Lipinski definition) is 0. The molecule has 174 valence electrons. The maximum atomic E-state index is 5.09. The van der Waals surface area contributed by atoms with Gasteiger partial charge in [-0.1, -0.05) is 0 Å². The van der Waals surface area contributed by atoms with Gasteiger partial charge >= 0.3 is 223 Å². The van der Waals surface area contributed by atoms with Crippen molar-refractivity contribution >= 4 is 56.2 Å². The predicted molar refractivity (Wildman–Crippen MR) is 159 cm³/mol. The van der Waals surface area contributed by atoms with E-state index in [0.29, 0.717) is 0 Å². The minimum atomic E-state index is 0.110. The molecule has 1 nitrogen and oxygen atoms in total. The average molecular weight is 537 g/mol. The molecule has 0 radical (unpaired) electrons. The van der Waals surface area contributed by atoms with Crippen LogP contribution >= 0.6 is 0 Å². The van der Waals surface area contributed by atoms with Crippen LogP contribution in [-0.4, -0.2) is 19.9 Å². The zero-order chi connectivity index (χ0) is 24.6. The van der Waals surface area contributed by atoms with E-state index in [1.165, 1.54) is 57.9 Å². The van der Waals surface area contributed by atoms with Crippen LogP contribution in [0.5, 0.6) is 0 Å². The third kappa shape index (κ3) is 3.92. The fourth-order valence-electron chi connectivity index (χ4n) is 5.28. The SMILES string of the molecule is c1ccc([Se]c2cc(-c3ccccc3)c3ccccc3c2-c2nccc3ccc4ccccc4c23)cc1. The van der Waals surface area contributed by atoms with E-state index in [4.69, 9.17) is 4.98 Å². The van der Waals surface area contributed by atoms with Crippen LogP contribution in [0.1, 0.15) is 0 Å². The first kappa shape index (κ1) is 22.0. The Bertz CT molecular complexity index is 1890. The first-order valence-corrected chi connectivity index (χ1v) is 14.2. The Hall–Kier alpha value is -4.23. The molecule has 0 unspecified atom stereocenters. The molecular formula is C35H23NSe. The van der Waals surface area contributed by atoms with Crippen LogP contribution in [0.25, 0.3) is 54.7 Å². The molecule has 1 aromatic heterocycles. The molecule has 0 amide bonds. The number of aromatic nitrogens is 1. The molecule has 0 N–H and O–H groups in total. The number of nitrogens with zero attached hydrogens (tertiary/aromatic N) is 1. The first-order valence-electron chi connectivity index (χ1n) is 12.5. The Morgan fingerprint density at radius 3 is 1.97 bits per heavy atom. The summed E-state index contributed by atoms with van der Waals surface area (Å²) in [5.41, 5.74) is 4.84. The molecule has 0 aliphatic heterocycles. The molecule has 0 aliphatic rings. The molecule has 37 heavy (non-hydrogen) atoms. The average Bonchev–Trinajstić information content (AvgIpc) is 2.97. The second-order valence-electron chi connectivity index (χ2n) is 9.17. The molecule has 1 heterocycles. The third-order valence-electron chi connectivity index (χ3n) is 6.96. The summed E-state index contributed by atoms with van der Waals surface area (Å²) in [4.78, 5) is 5.09. The summed E-state index contributed by atoms with van der Waals surface area (Å²) >= 11 is 0.110. The summed E-state index contributed by atoms with van der Waals surface area (Å²) in [6.45, 7) is 0. The van der Waals surface area contributed by atoms with Crippen molar-refractivity contribution in [1.82, 2.24) is 4.98 Å². The Kier molecular flexibility index (Phi) is 5.55. The van der Waals surface area contributed by atoms with Crippen molar-refractivity contribution in [2.75, 3.05) is 0 Å². The van der Waals surface area contributed by atoms with Gasteiger partial charge in [0.2, 0.25) is 0 Å². The van der Waals surface area contributed by atoms with Crippen LogP contribution in [-0.2, 0) is 0 Å². The Balaban J connectivity index is 1.62. The third-order valence-corrected chi connectivity index (χ3v) is 9.16. The Labute approximate surface area is 222 Å². The monoisotopic (exact) mass is 537 g/mol. The van der Waals surface area contributed by atoms with E-state index >= 15 is 0 Å². The van der Waals surface area contributed by atoms with E-state index in [1.807, 2.05) is 6.20 Å². The van der Waals surface area contributed by atoms with Crippen LogP contribution in [0.3, 0.4) is 0 Å². The van der Waals surface area contributed by atoms with Crippen LogP contribution in [0, 0.1) is 0 Å². The molecule has 7 rings (SSSR count). The molecule has 0 atom stereocenters. The van der Waals surface area contributed by atoms with Crippen molar-refractivity contribution in [3.8, 4) is 22.4 Å². The topological polar surface area (TPSA) is 12.9 Å². The van der Waals surface area contributed by atoms with Crippen molar-refractivity contribution in [2.24, 2.45) is 0 Å². The van der Waals surface area contributed by atoms with Gasteiger partial charge in [-0.15, -0.1) is 0 Å². The predicted octanol–water partition coefficient (Wildman–Crippen LogP) is 7.53. The van der Waals surface area contributed by atoms with Gasteiger partial charge in [0.15, 0.2) is 0 Å². The molecule has 0 aliphatic carbocycles. The molecule has 2 heteroatoms. The van der Waals surface area contributed by atoms with Gasteiger partial charge in [-0.2, -0.15) is 0 Å². The second-order valence-corrected chi connectivity index (χ2v) is 11.5. The van der Waals surface area contributed by atoms with Gasteiger partial charge in [-0.3, -0.25) is 0 Å². The standard InChI is InChI=1S/C35H23NSe/c1-3-11-24(12-4-1)31-23-32(37-27-14-5-2-6-15-27)34(30-18-10-9-17-29(30)31)35-33-26(21-22-36-35)20-19-25-13-7-8-16-28(25)33/h1-23H. The number of pyridine rings is 1. The molecular weight excluding hydrogens is 513 g/mol. The van der Waals surface area contributed by atoms with Gasteiger partial charge in [0.1, 0.15) is 0 Å². The van der Waals surface area contributed by atoms with Crippen molar-refractivity contribution in [3.05, 3.63) is 140 Å². The number of benzene rings is 6. The van der Waals surface area contributed by atoms with Crippen LogP contribution in [0.15, 0.2) is 140 Å². The summed E-state index contributed by atoms with van der Waals surface area (Å²) in [5, 5.41) is 7.45. The summed E-state index contributed by atoms with van der Waals surface area (Å²) in [5.74, 6) is 0. The van der Waals surface area contributed by atoms with Crippen molar-refractivity contribution in [1.29, 1.82) is 0 Å². The van der Waals surface area contributed by atoms with E-state index in [2.05, 4.69) is 133 Å². The van der Waals surface area contributed by atoms with Gasteiger partial charge < -0.3 is 0 Å². The molecule has 6 aromatic carbocycles. The van der Waals surface area contributed by atoms with E-state index in [1.54, 1.807) is 0 Å². The Morgan fingerprint density at radius 2 is 1.16 bits per heavy atom. The zero-order valence-electron chi connectivity index (χ0n) is 20.1. The van der Waals surface area contributed by atoms with Crippen molar-refractivity contribution in [3.63, 3.8) is 0 Å². The van der Waals surface area contributed by atoms with Crippen LogP contribution in [0.2, 0.25) is 0 Å². The Morgan fingerprint density at radius 1 is 0.514 bits per heavy atom. The van der Waals surface area contributed by atoms with E-state index in [9.17, 15) is 0 Å². The maximum absolute atomic E-state index is 5.09. The summed E-state index contributed by atoms with van der Waals surface area (Å²) in [6, 6.07) is 48.1. The van der Waals surface area contributed by atoms with Crippen molar-refractivity contribution in [2.45, 2.75) is 0 Å². The quantitative estimate of drug-likeness (QED) is 0.167. The first-order chi connectivity index (χ1) is 18.4. The zero-order valence-corrected chi connectivity index (χ0v) is 21.8. The van der Waals surface area contributed by atoms with Gasteiger partial charge in [0.05, 0.1) is 0 Å². The fourth-order valence-corrected chi connectivity index (χ4v) is 7.45. The van der Waals surface area contributed by atoms with Crippen molar-refractivity contribution < 1.29 is 0 Å². The molecule has 0 saturated carbocycles. The number of hydrogen-bond acceptors (Lipinski definition) is 1. The molecule has 0 saturated heterocycles. The molecule has 0 fully saturated rings. The van der Waals surface area contributed by atoms with Gasteiger partial charge in [0.25, 0.3) is 0 Å². The summed E-state index contributed by atoms with van der Waals surface area (Å²) in [6.07, 6.45) is 1.96.